The first-order chi connectivity index (χ1) is 11.3. The third-order valence-corrected chi connectivity index (χ3v) is 3.85. The lowest BCUT2D eigenvalue weighted by Crippen LogP contribution is -2.33. The van der Waals surface area contributed by atoms with Crippen LogP contribution in [0.5, 0.6) is 5.75 Å². The van der Waals surface area contributed by atoms with E-state index in [1.807, 2.05) is 60.7 Å². The molecule has 0 bridgehead atoms. The number of pyridine rings is 2. The average Bonchev–Trinajstić information content (AvgIpc) is 2.65. The van der Waals surface area contributed by atoms with Gasteiger partial charge >= 0.3 is 0 Å². The van der Waals surface area contributed by atoms with Crippen molar-refractivity contribution in [2.24, 2.45) is 0 Å². The number of ether oxygens (including phenoxy) is 2. The molecule has 0 saturated carbocycles. The quantitative estimate of drug-likeness (QED) is 0.724. The van der Waals surface area contributed by atoms with Crippen LogP contribution in [0.3, 0.4) is 0 Å². The predicted molar refractivity (Wildman–Crippen MR) is 88.4 cm³/mol. The number of aromatic nitrogens is 2. The molecule has 3 rings (SSSR count). The minimum absolute atomic E-state index is 0.784. The highest BCUT2D eigenvalue weighted by molar-refractivity contribution is 5.44. The van der Waals surface area contributed by atoms with E-state index < -0.39 is 5.60 Å². The van der Waals surface area contributed by atoms with E-state index >= 15 is 0 Å². The molecule has 1 aromatic carbocycles. The summed E-state index contributed by atoms with van der Waals surface area (Å²) < 4.78 is 11.3. The molecule has 2 aromatic heterocycles. The Bertz CT molecular complexity index is 704. The Labute approximate surface area is 135 Å². The van der Waals surface area contributed by atoms with Gasteiger partial charge in [0.25, 0.3) is 0 Å². The van der Waals surface area contributed by atoms with Gasteiger partial charge in [0.05, 0.1) is 18.5 Å². The van der Waals surface area contributed by atoms with Crippen molar-refractivity contribution in [3.05, 3.63) is 90.0 Å². The van der Waals surface area contributed by atoms with Crippen LogP contribution in [0.1, 0.15) is 17.0 Å². The Morgan fingerprint density at radius 3 is 1.70 bits per heavy atom. The number of hydrogen-bond acceptors (Lipinski definition) is 4. The summed E-state index contributed by atoms with van der Waals surface area (Å²) in [5.74, 6) is 0.792. The molecule has 2 heterocycles. The molecular weight excluding hydrogens is 288 g/mol. The summed E-state index contributed by atoms with van der Waals surface area (Å²) in [4.78, 5) is 9.04. The van der Waals surface area contributed by atoms with Crippen molar-refractivity contribution >= 4 is 0 Å². The molecule has 0 aliphatic rings. The number of methoxy groups -OCH3 is 2. The van der Waals surface area contributed by atoms with Gasteiger partial charge in [0.2, 0.25) is 0 Å². The van der Waals surface area contributed by atoms with E-state index in [-0.39, 0.29) is 0 Å². The summed E-state index contributed by atoms with van der Waals surface area (Å²) in [5, 5.41) is 0. The first-order valence-electron chi connectivity index (χ1n) is 7.34. The lowest BCUT2D eigenvalue weighted by atomic mass is 9.86. The van der Waals surface area contributed by atoms with Crippen LogP contribution in [0, 0.1) is 0 Å². The second-order valence-electron chi connectivity index (χ2n) is 5.04. The molecule has 3 aromatic rings. The van der Waals surface area contributed by atoms with Gasteiger partial charge in [-0.15, -0.1) is 0 Å². The first-order valence-corrected chi connectivity index (χ1v) is 7.34. The fraction of sp³-hybridized carbons (Fsp3) is 0.158. The van der Waals surface area contributed by atoms with Gasteiger partial charge in [0.1, 0.15) is 5.75 Å². The lowest BCUT2D eigenvalue weighted by Gasteiger charge is -2.32. The molecule has 116 valence electrons. The maximum absolute atomic E-state index is 6.00. The summed E-state index contributed by atoms with van der Waals surface area (Å²) in [5.41, 5.74) is 1.64. The zero-order chi connectivity index (χ0) is 16.1. The molecule has 0 aliphatic heterocycles. The van der Waals surface area contributed by atoms with Gasteiger partial charge in [-0.25, -0.2) is 0 Å². The Morgan fingerprint density at radius 2 is 1.30 bits per heavy atom. The normalized spacial score (nSPS) is 11.2. The van der Waals surface area contributed by atoms with Crippen LogP contribution in [0.25, 0.3) is 0 Å². The van der Waals surface area contributed by atoms with Gasteiger partial charge < -0.3 is 9.47 Å². The van der Waals surface area contributed by atoms with Crippen molar-refractivity contribution in [2.75, 3.05) is 14.2 Å². The summed E-state index contributed by atoms with van der Waals surface area (Å²) in [7, 11) is 3.32. The number of benzene rings is 1. The summed E-state index contributed by atoms with van der Waals surface area (Å²) in [6.45, 7) is 0. The summed E-state index contributed by atoms with van der Waals surface area (Å²) >= 11 is 0. The van der Waals surface area contributed by atoms with Gasteiger partial charge in [0.15, 0.2) is 5.60 Å². The van der Waals surface area contributed by atoms with Crippen molar-refractivity contribution in [3.8, 4) is 5.75 Å². The summed E-state index contributed by atoms with van der Waals surface area (Å²) in [6, 6.07) is 19.3. The topological polar surface area (TPSA) is 44.2 Å². The van der Waals surface area contributed by atoms with Gasteiger partial charge in [-0.05, 0) is 42.0 Å². The molecule has 4 heteroatoms. The highest BCUT2D eigenvalue weighted by Gasteiger charge is 2.39. The Morgan fingerprint density at radius 1 is 0.739 bits per heavy atom. The largest absolute Gasteiger partial charge is 0.497 e. The molecule has 0 spiro atoms. The number of hydrogen-bond donors (Lipinski definition) is 0. The molecule has 0 atom stereocenters. The van der Waals surface area contributed by atoms with E-state index in [2.05, 4.69) is 9.97 Å². The highest BCUT2D eigenvalue weighted by Crippen LogP contribution is 2.38. The fourth-order valence-electron chi connectivity index (χ4n) is 2.72. The average molecular weight is 306 g/mol. The van der Waals surface area contributed by atoms with Gasteiger partial charge in [0, 0.05) is 19.5 Å². The molecular formula is C19H18N2O2. The minimum atomic E-state index is -0.866. The number of nitrogens with zero attached hydrogens (tertiary/aromatic N) is 2. The van der Waals surface area contributed by atoms with Crippen LogP contribution in [-0.4, -0.2) is 24.2 Å². The Hall–Kier alpha value is -2.72. The molecule has 0 unspecified atom stereocenters. The van der Waals surface area contributed by atoms with Crippen LogP contribution in [0.2, 0.25) is 0 Å². The standard InChI is InChI=1S/C19H18N2O2/c1-22-16-11-9-15(10-12-16)19(23-2,17-7-3-5-13-20-17)18-8-4-6-14-21-18/h3-14H,1-2H3. The monoisotopic (exact) mass is 306 g/mol. The van der Waals surface area contributed by atoms with Crippen LogP contribution >= 0.6 is 0 Å². The van der Waals surface area contributed by atoms with Gasteiger partial charge in [-0.2, -0.15) is 0 Å². The van der Waals surface area contributed by atoms with Crippen LogP contribution in [0.15, 0.2) is 73.1 Å². The smallest absolute Gasteiger partial charge is 0.176 e. The SMILES string of the molecule is COc1ccc(C(OC)(c2ccccn2)c2ccccn2)cc1. The lowest BCUT2D eigenvalue weighted by molar-refractivity contribution is 0.0510. The van der Waals surface area contributed by atoms with Gasteiger partial charge in [-0.1, -0.05) is 24.3 Å². The molecule has 0 saturated heterocycles. The predicted octanol–water partition coefficient (Wildman–Crippen LogP) is 3.42. The second-order valence-corrected chi connectivity index (χ2v) is 5.04. The number of rotatable bonds is 5. The van der Waals surface area contributed by atoms with E-state index in [9.17, 15) is 0 Å². The van der Waals surface area contributed by atoms with Crippen molar-refractivity contribution < 1.29 is 9.47 Å². The minimum Gasteiger partial charge on any atom is -0.497 e. The summed E-state index contributed by atoms with van der Waals surface area (Å²) in [6.07, 6.45) is 3.52. The maximum atomic E-state index is 6.00. The van der Waals surface area contributed by atoms with E-state index in [4.69, 9.17) is 9.47 Å². The Balaban J connectivity index is 2.24. The van der Waals surface area contributed by atoms with Crippen molar-refractivity contribution in [3.63, 3.8) is 0 Å². The zero-order valence-corrected chi connectivity index (χ0v) is 13.1. The third kappa shape index (κ3) is 2.69. The maximum Gasteiger partial charge on any atom is 0.176 e. The molecule has 0 amide bonds. The van der Waals surface area contributed by atoms with E-state index in [0.717, 1.165) is 22.7 Å². The van der Waals surface area contributed by atoms with E-state index in [0.29, 0.717) is 0 Å². The molecule has 0 aliphatic carbocycles. The van der Waals surface area contributed by atoms with Crippen molar-refractivity contribution in [1.82, 2.24) is 9.97 Å². The zero-order valence-electron chi connectivity index (χ0n) is 13.1. The van der Waals surface area contributed by atoms with E-state index in [1.54, 1.807) is 26.6 Å². The molecule has 0 N–H and O–H groups in total. The molecule has 23 heavy (non-hydrogen) atoms. The molecule has 4 nitrogen and oxygen atoms in total. The van der Waals surface area contributed by atoms with Gasteiger partial charge in [-0.3, -0.25) is 9.97 Å². The second kappa shape index (κ2) is 6.58. The first kappa shape index (κ1) is 15.2. The van der Waals surface area contributed by atoms with Crippen molar-refractivity contribution in [1.29, 1.82) is 0 Å². The van der Waals surface area contributed by atoms with E-state index in [1.165, 1.54) is 0 Å². The highest BCUT2D eigenvalue weighted by atomic mass is 16.5. The van der Waals surface area contributed by atoms with Crippen LogP contribution < -0.4 is 4.74 Å². The van der Waals surface area contributed by atoms with Crippen LogP contribution in [0.4, 0.5) is 0 Å². The Kier molecular flexibility index (Phi) is 4.35. The van der Waals surface area contributed by atoms with Crippen LogP contribution in [-0.2, 0) is 10.3 Å². The molecule has 0 radical (unpaired) electrons. The third-order valence-electron chi connectivity index (χ3n) is 3.85. The fourth-order valence-corrected chi connectivity index (χ4v) is 2.72. The van der Waals surface area contributed by atoms with Crippen molar-refractivity contribution in [2.45, 2.75) is 5.60 Å². The molecule has 0 fully saturated rings.